The van der Waals surface area contributed by atoms with E-state index < -0.39 is 11.2 Å². The predicted octanol–water partition coefficient (Wildman–Crippen LogP) is 2.17. The SMILES string of the molecule is COC(=O)C1(C)OC1(C)c1ccc(C)cc1. The third-order valence-electron chi connectivity index (χ3n) is 3.45. The number of ether oxygens (including phenoxy) is 2. The summed E-state index contributed by atoms with van der Waals surface area (Å²) in [6, 6.07) is 8.01. The highest BCUT2D eigenvalue weighted by atomic mass is 16.7. The Morgan fingerprint density at radius 2 is 1.81 bits per heavy atom. The molecule has 3 nitrogen and oxygen atoms in total. The molecule has 1 aliphatic rings. The fraction of sp³-hybridized carbons (Fsp3) is 0.462. The molecule has 0 radical (unpaired) electrons. The van der Waals surface area contributed by atoms with Crippen LogP contribution in [0.1, 0.15) is 25.0 Å². The molecule has 0 N–H and O–H groups in total. The van der Waals surface area contributed by atoms with Crippen LogP contribution in [0.3, 0.4) is 0 Å². The lowest BCUT2D eigenvalue weighted by molar-refractivity contribution is -0.146. The largest absolute Gasteiger partial charge is 0.467 e. The van der Waals surface area contributed by atoms with Gasteiger partial charge < -0.3 is 9.47 Å². The van der Waals surface area contributed by atoms with Crippen LogP contribution in [0.2, 0.25) is 0 Å². The molecule has 1 fully saturated rings. The lowest BCUT2D eigenvalue weighted by Gasteiger charge is -2.11. The molecule has 1 heterocycles. The van der Waals surface area contributed by atoms with E-state index in [9.17, 15) is 4.79 Å². The van der Waals surface area contributed by atoms with Crippen molar-refractivity contribution >= 4 is 5.97 Å². The smallest absolute Gasteiger partial charge is 0.341 e. The summed E-state index contributed by atoms with van der Waals surface area (Å²) in [6.07, 6.45) is 0. The minimum Gasteiger partial charge on any atom is -0.467 e. The Morgan fingerprint density at radius 1 is 1.25 bits per heavy atom. The van der Waals surface area contributed by atoms with Crippen molar-refractivity contribution in [3.05, 3.63) is 35.4 Å². The van der Waals surface area contributed by atoms with Gasteiger partial charge in [-0.1, -0.05) is 29.8 Å². The second-order valence-corrected chi connectivity index (χ2v) is 4.53. The number of carbonyl (C=O) groups is 1. The first-order valence-electron chi connectivity index (χ1n) is 5.30. The van der Waals surface area contributed by atoms with Crippen LogP contribution in [0.4, 0.5) is 0 Å². The van der Waals surface area contributed by atoms with Crippen molar-refractivity contribution < 1.29 is 14.3 Å². The summed E-state index contributed by atoms with van der Waals surface area (Å²) < 4.78 is 10.3. The molecule has 0 aliphatic carbocycles. The molecule has 2 atom stereocenters. The molecule has 3 heteroatoms. The number of methoxy groups -OCH3 is 1. The summed E-state index contributed by atoms with van der Waals surface area (Å²) in [5, 5.41) is 0. The molecule has 1 aromatic carbocycles. The van der Waals surface area contributed by atoms with Crippen LogP contribution in [0.5, 0.6) is 0 Å². The van der Waals surface area contributed by atoms with Gasteiger partial charge in [0.05, 0.1) is 7.11 Å². The number of hydrogen-bond acceptors (Lipinski definition) is 3. The maximum atomic E-state index is 11.6. The number of benzene rings is 1. The topological polar surface area (TPSA) is 38.8 Å². The Balaban J connectivity index is 2.30. The second kappa shape index (κ2) is 3.32. The number of esters is 1. The van der Waals surface area contributed by atoms with Gasteiger partial charge in [-0.05, 0) is 26.3 Å². The van der Waals surface area contributed by atoms with E-state index >= 15 is 0 Å². The average molecular weight is 220 g/mol. The summed E-state index contributed by atoms with van der Waals surface area (Å²) in [4.78, 5) is 11.6. The predicted molar refractivity (Wildman–Crippen MR) is 60.0 cm³/mol. The molecule has 2 unspecified atom stereocenters. The highest BCUT2D eigenvalue weighted by Gasteiger charge is 2.70. The van der Waals surface area contributed by atoms with E-state index in [1.807, 2.05) is 38.1 Å². The first-order valence-corrected chi connectivity index (χ1v) is 5.30. The fourth-order valence-corrected chi connectivity index (χ4v) is 2.02. The van der Waals surface area contributed by atoms with Gasteiger partial charge in [-0.15, -0.1) is 0 Å². The van der Waals surface area contributed by atoms with Crippen molar-refractivity contribution in [2.45, 2.75) is 32.0 Å². The molecule has 86 valence electrons. The molecule has 2 rings (SSSR count). The molecule has 1 aromatic rings. The number of hydrogen-bond donors (Lipinski definition) is 0. The molecule has 0 saturated carbocycles. The summed E-state index contributed by atoms with van der Waals surface area (Å²) in [5.74, 6) is -0.324. The molecule has 0 bridgehead atoms. The lowest BCUT2D eigenvalue weighted by Crippen LogP contribution is -2.29. The minimum atomic E-state index is -0.850. The molecule has 1 saturated heterocycles. The Kier molecular flexibility index (Phi) is 2.31. The van der Waals surface area contributed by atoms with E-state index in [1.165, 1.54) is 12.7 Å². The zero-order valence-corrected chi connectivity index (χ0v) is 10.0. The molecular formula is C13H16O3. The standard InChI is InChI=1S/C13H16O3/c1-9-5-7-10(8-6-9)12(2)13(3,16-12)11(14)15-4/h5-8H,1-4H3. The maximum absolute atomic E-state index is 11.6. The van der Waals surface area contributed by atoms with Crippen molar-refractivity contribution in [3.8, 4) is 0 Å². The van der Waals surface area contributed by atoms with E-state index in [-0.39, 0.29) is 5.97 Å². The fourth-order valence-electron chi connectivity index (χ4n) is 2.02. The van der Waals surface area contributed by atoms with Gasteiger partial charge in [0.15, 0.2) is 5.60 Å². The first-order chi connectivity index (χ1) is 7.44. The maximum Gasteiger partial charge on any atom is 0.341 e. The zero-order valence-electron chi connectivity index (χ0n) is 10.0. The second-order valence-electron chi connectivity index (χ2n) is 4.53. The van der Waals surface area contributed by atoms with Gasteiger partial charge in [0.2, 0.25) is 0 Å². The van der Waals surface area contributed by atoms with Gasteiger partial charge in [0.1, 0.15) is 5.60 Å². The third kappa shape index (κ3) is 1.35. The summed E-state index contributed by atoms with van der Waals surface area (Å²) in [7, 11) is 1.38. The van der Waals surface area contributed by atoms with Gasteiger partial charge in [0.25, 0.3) is 0 Å². The quantitative estimate of drug-likeness (QED) is 0.566. The third-order valence-corrected chi connectivity index (χ3v) is 3.45. The van der Waals surface area contributed by atoms with Crippen molar-refractivity contribution in [2.24, 2.45) is 0 Å². The Morgan fingerprint density at radius 3 is 2.31 bits per heavy atom. The number of rotatable bonds is 2. The zero-order chi connectivity index (χ0) is 12.0. The van der Waals surface area contributed by atoms with E-state index in [0.717, 1.165) is 5.56 Å². The summed E-state index contributed by atoms with van der Waals surface area (Å²) in [5.41, 5.74) is 0.781. The Bertz CT molecular complexity index is 423. The Labute approximate surface area is 95.4 Å². The summed E-state index contributed by atoms with van der Waals surface area (Å²) in [6.45, 7) is 5.70. The molecular weight excluding hydrogens is 204 g/mol. The van der Waals surface area contributed by atoms with Crippen LogP contribution >= 0.6 is 0 Å². The highest BCUT2D eigenvalue weighted by molar-refractivity contribution is 5.84. The van der Waals surface area contributed by atoms with E-state index in [1.54, 1.807) is 6.92 Å². The normalized spacial score (nSPS) is 32.2. The van der Waals surface area contributed by atoms with Gasteiger partial charge in [-0.2, -0.15) is 0 Å². The van der Waals surface area contributed by atoms with Gasteiger partial charge in [-0.3, -0.25) is 0 Å². The van der Waals surface area contributed by atoms with Crippen LogP contribution in [0.25, 0.3) is 0 Å². The van der Waals surface area contributed by atoms with Crippen molar-refractivity contribution in [2.75, 3.05) is 7.11 Å². The molecule has 0 spiro atoms. The number of aryl methyl sites for hydroxylation is 1. The van der Waals surface area contributed by atoms with Crippen LogP contribution in [-0.2, 0) is 19.9 Å². The van der Waals surface area contributed by atoms with Gasteiger partial charge in [-0.25, -0.2) is 4.79 Å². The number of epoxide rings is 1. The van der Waals surface area contributed by atoms with E-state index in [4.69, 9.17) is 9.47 Å². The lowest BCUT2D eigenvalue weighted by atomic mass is 9.88. The van der Waals surface area contributed by atoms with Crippen molar-refractivity contribution in [3.63, 3.8) is 0 Å². The van der Waals surface area contributed by atoms with Crippen LogP contribution in [-0.4, -0.2) is 18.7 Å². The van der Waals surface area contributed by atoms with Crippen LogP contribution < -0.4 is 0 Å². The molecule has 0 aromatic heterocycles. The highest BCUT2D eigenvalue weighted by Crippen LogP contribution is 2.55. The monoisotopic (exact) mass is 220 g/mol. The van der Waals surface area contributed by atoms with Crippen molar-refractivity contribution in [1.29, 1.82) is 0 Å². The Hall–Kier alpha value is -1.35. The van der Waals surface area contributed by atoms with Gasteiger partial charge in [0, 0.05) is 0 Å². The van der Waals surface area contributed by atoms with E-state index in [2.05, 4.69) is 0 Å². The van der Waals surface area contributed by atoms with Crippen LogP contribution in [0, 0.1) is 6.92 Å². The molecule has 1 aliphatic heterocycles. The average Bonchev–Trinajstić information content (AvgIpc) is 2.84. The molecule has 0 amide bonds. The first kappa shape index (κ1) is 11.1. The van der Waals surface area contributed by atoms with Crippen LogP contribution in [0.15, 0.2) is 24.3 Å². The van der Waals surface area contributed by atoms with Gasteiger partial charge >= 0.3 is 5.97 Å². The minimum absolute atomic E-state index is 0.324. The van der Waals surface area contributed by atoms with E-state index in [0.29, 0.717) is 0 Å². The van der Waals surface area contributed by atoms with Crippen molar-refractivity contribution in [1.82, 2.24) is 0 Å². The summed E-state index contributed by atoms with van der Waals surface area (Å²) >= 11 is 0. The molecule has 16 heavy (non-hydrogen) atoms. The number of carbonyl (C=O) groups excluding carboxylic acids is 1.